The minimum Gasteiger partial charge on any atom is -0.452 e. The number of nitrogens with zero attached hydrogens (tertiary/aromatic N) is 4. The Bertz CT molecular complexity index is 1380. The summed E-state index contributed by atoms with van der Waals surface area (Å²) < 4.78 is 5.18. The monoisotopic (exact) mass is 442 g/mol. The molecule has 2 N–H and O–H groups in total. The van der Waals surface area contributed by atoms with Gasteiger partial charge in [-0.25, -0.2) is 4.79 Å². The number of amides is 2. The van der Waals surface area contributed by atoms with Gasteiger partial charge in [-0.15, -0.1) is 5.10 Å². The molecule has 0 fully saturated rings. The third-order valence-electron chi connectivity index (χ3n) is 5.72. The van der Waals surface area contributed by atoms with E-state index in [0.29, 0.717) is 40.3 Å². The highest BCUT2D eigenvalue weighted by molar-refractivity contribution is 6.06. The van der Waals surface area contributed by atoms with E-state index >= 15 is 0 Å². The Balaban J connectivity index is 1.86. The molecular formula is C23H18N6O4. The Labute approximate surface area is 187 Å². The van der Waals surface area contributed by atoms with Gasteiger partial charge in [-0.05, 0) is 23.8 Å². The molecule has 10 nitrogen and oxygen atoms in total. The number of para-hydroxylation sites is 1. The first kappa shape index (κ1) is 20.3. The van der Waals surface area contributed by atoms with Crippen LogP contribution in [0.3, 0.4) is 0 Å². The van der Waals surface area contributed by atoms with Crippen molar-refractivity contribution in [1.82, 2.24) is 15.2 Å². The Kier molecular flexibility index (Phi) is 5.02. The van der Waals surface area contributed by atoms with Crippen LogP contribution in [-0.2, 0) is 16.1 Å². The summed E-state index contributed by atoms with van der Waals surface area (Å²) in [7, 11) is 1.33. The summed E-state index contributed by atoms with van der Waals surface area (Å²) in [5.41, 5.74) is 5.12. The van der Waals surface area contributed by atoms with Gasteiger partial charge in [0, 0.05) is 34.0 Å². The number of methoxy groups -OCH3 is 1. The average molecular weight is 442 g/mol. The maximum absolute atomic E-state index is 13.2. The third-order valence-corrected chi connectivity index (χ3v) is 5.72. The molecule has 4 aromatic rings. The van der Waals surface area contributed by atoms with Gasteiger partial charge in [0.15, 0.2) is 5.65 Å². The topological polar surface area (TPSA) is 130 Å². The van der Waals surface area contributed by atoms with E-state index in [1.165, 1.54) is 7.11 Å². The van der Waals surface area contributed by atoms with Gasteiger partial charge in [0.05, 0.1) is 24.5 Å². The number of hydrogen-bond donors (Lipinski definition) is 2. The number of fused-ring (bicyclic) bond motifs is 2. The van der Waals surface area contributed by atoms with Gasteiger partial charge in [-0.3, -0.25) is 9.69 Å². The molecule has 5 rings (SSSR count). The van der Waals surface area contributed by atoms with Crippen LogP contribution >= 0.6 is 0 Å². The lowest BCUT2D eigenvalue weighted by atomic mass is 9.95. The van der Waals surface area contributed by atoms with Crippen molar-refractivity contribution in [3.63, 3.8) is 0 Å². The van der Waals surface area contributed by atoms with E-state index in [1.807, 2.05) is 36.4 Å². The zero-order chi connectivity index (χ0) is 22.9. The van der Waals surface area contributed by atoms with Crippen molar-refractivity contribution < 1.29 is 14.3 Å². The molecule has 1 unspecified atom stereocenters. The molecule has 164 valence electrons. The second-order valence-corrected chi connectivity index (χ2v) is 7.42. The Morgan fingerprint density at radius 1 is 1.21 bits per heavy atom. The van der Waals surface area contributed by atoms with Crippen LogP contribution in [0, 0.1) is 4.91 Å². The number of aromatic amines is 1. The van der Waals surface area contributed by atoms with Gasteiger partial charge in [-0.1, -0.05) is 35.5 Å². The lowest BCUT2D eigenvalue weighted by Crippen LogP contribution is -2.35. The smallest absolute Gasteiger partial charge is 0.414 e. The lowest BCUT2D eigenvalue weighted by Gasteiger charge is -2.30. The minimum absolute atomic E-state index is 0.161. The van der Waals surface area contributed by atoms with Crippen molar-refractivity contribution in [2.45, 2.75) is 12.6 Å². The largest absolute Gasteiger partial charge is 0.452 e. The maximum Gasteiger partial charge on any atom is 0.414 e. The average Bonchev–Trinajstić information content (AvgIpc) is 3.21. The SMILES string of the molecule is COC(=O)N1c2ccccc2-c2c(CN=O)nnc3[nH]cc(c23)C1c1ccc(NC=O)cc1. The second-order valence-electron chi connectivity index (χ2n) is 7.42. The summed E-state index contributed by atoms with van der Waals surface area (Å²) in [6.45, 7) is -0.161. The fourth-order valence-electron chi connectivity index (χ4n) is 4.38. The summed E-state index contributed by atoms with van der Waals surface area (Å²) in [5.74, 6) is 0. The van der Waals surface area contributed by atoms with Crippen LogP contribution in [0.4, 0.5) is 16.2 Å². The van der Waals surface area contributed by atoms with Crippen molar-refractivity contribution in [3.8, 4) is 11.1 Å². The van der Waals surface area contributed by atoms with Crippen LogP contribution in [0.15, 0.2) is 59.9 Å². The fraction of sp³-hybridized carbons (Fsp3) is 0.130. The normalized spacial score (nSPS) is 14.3. The zero-order valence-electron chi connectivity index (χ0n) is 17.5. The predicted octanol–water partition coefficient (Wildman–Crippen LogP) is 4.14. The van der Waals surface area contributed by atoms with Gasteiger partial charge in [0.1, 0.15) is 6.54 Å². The molecule has 1 aliphatic rings. The van der Waals surface area contributed by atoms with E-state index in [9.17, 15) is 14.5 Å². The van der Waals surface area contributed by atoms with Gasteiger partial charge < -0.3 is 15.0 Å². The van der Waals surface area contributed by atoms with E-state index in [1.54, 1.807) is 23.2 Å². The number of anilines is 2. The molecule has 1 atom stereocenters. The van der Waals surface area contributed by atoms with Gasteiger partial charge in [0.2, 0.25) is 6.41 Å². The molecule has 10 heteroatoms. The first-order chi connectivity index (χ1) is 16.2. The first-order valence-electron chi connectivity index (χ1n) is 10.1. The Hall–Kier alpha value is -4.60. The highest BCUT2D eigenvalue weighted by atomic mass is 16.5. The van der Waals surface area contributed by atoms with E-state index < -0.39 is 12.1 Å². The predicted molar refractivity (Wildman–Crippen MR) is 122 cm³/mol. The lowest BCUT2D eigenvalue weighted by molar-refractivity contribution is -0.105. The summed E-state index contributed by atoms with van der Waals surface area (Å²) in [4.78, 5) is 39.9. The van der Waals surface area contributed by atoms with Gasteiger partial charge in [-0.2, -0.15) is 10.0 Å². The van der Waals surface area contributed by atoms with Crippen LogP contribution in [0.2, 0.25) is 0 Å². The number of carbonyl (C=O) groups excluding carboxylic acids is 2. The standard InChI is InChI=1S/C23H18N6O4/c1-33-23(31)29-18-5-3-2-4-15(18)19-17(11-26-32)27-28-22-20(19)16(10-24-22)21(29)13-6-8-14(9-7-13)25-12-30/h2-10,12,21H,11H2,1H3,(H,24,28)(H,25,30). The van der Waals surface area contributed by atoms with Crippen LogP contribution < -0.4 is 10.2 Å². The molecule has 2 aromatic carbocycles. The molecule has 2 aromatic heterocycles. The number of hydrogen-bond acceptors (Lipinski definition) is 7. The molecular weight excluding hydrogens is 424 g/mol. The highest BCUT2D eigenvalue weighted by Crippen LogP contribution is 2.48. The molecule has 0 saturated carbocycles. The highest BCUT2D eigenvalue weighted by Gasteiger charge is 2.37. The number of nitroso groups, excluding NO2 is 1. The van der Waals surface area contributed by atoms with Crippen LogP contribution in [-0.4, -0.2) is 34.8 Å². The fourth-order valence-corrected chi connectivity index (χ4v) is 4.38. The number of benzene rings is 2. The van der Waals surface area contributed by atoms with Crippen molar-refractivity contribution in [2.75, 3.05) is 17.3 Å². The molecule has 0 aliphatic carbocycles. The first-order valence-corrected chi connectivity index (χ1v) is 10.1. The van der Waals surface area contributed by atoms with Crippen LogP contribution in [0.1, 0.15) is 22.9 Å². The number of rotatable bonds is 5. The van der Waals surface area contributed by atoms with Crippen molar-refractivity contribution in [1.29, 1.82) is 0 Å². The number of nitrogens with one attached hydrogen (secondary N) is 2. The van der Waals surface area contributed by atoms with Crippen molar-refractivity contribution in [3.05, 3.63) is 76.5 Å². The third kappa shape index (κ3) is 3.19. The van der Waals surface area contributed by atoms with E-state index in [-0.39, 0.29) is 6.54 Å². The maximum atomic E-state index is 13.2. The van der Waals surface area contributed by atoms with Crippen molar-refractivity contribution >= 4 is 34.9 Å². The minimum atomic E-state index is -0.583. The molecule has 0 saturated heterocycles. The van der Waals surface area contributed by atoms with Crippen molar-refractivity contribution in [2.24, 2.45) is 5.18 Å². The molecule has 2 amide bonds. The van der Waals surface area contributed by atoms with E-state index in [4.69, 9.17) is 4.74 Å². The molecule has 0 bridgehead atoms. The molecule has 33 heavy (non-hydrogen) atoms. The summed E-state index contributed by atoms with van der Waals surface area (Å²) in [5, 5.41) is 14.9. The molecule has 1 aliphatic heterocycles. The molecule has 0 spiro atoms. The number of aromatic nitrogens is 3. The quantitative estimate of drug-likeness (QED) is 0.353. The number of ether oxygens (including phenoxy) is 1. The molecule has 0 radical (unpaired) electrons. The van der Waals surface area contributed by atoms with Crippen LogP contribution in [0.5, 0.6) is 0 Å². The van der Waals surface area contributed by atoms with Gasteiger partial charge >= 0.3 is 6.09 Å². The molecule has 3 heterocycles. The van der Waals surface area contributed by atoms with Crippen LogP contribution in [0.25, 0.3) is 22.2 Å². The van der Waals surface area contributed by atoms with Gasteiger partial charge in [0.25, 0.3) is 0 Å². The van der Waals surface area contributed by atoms with E-state index in [0.717, 1.165) is 16.5 Å². The Morgan fingerprint density at radius 3 is 2.73 bits per heavy atom. The zero-order valence-corrected chi connectivity index (χ0v) is 17.5. The van der Waals surface area contributed by atoms with E-state index in [2.05, 4.69) is 25.7 Å². The summed E-state index contributed by atoms with van der Waals surface area (Å²) in [6, 6.07) is 14.0. The summed E-state index contributed by atoms with van der Waals surface area (Å²) in [6.07, 6.45) is 1.83. The Morgan fingerprint density at radius 2 is 2.00 bits per heavy atom. The number of carbonyl (C=O) groups is 2. The number of H-pyrrole nitrogens is 1. The summed E-state index contributed by atoms with van der Waals surface area (Å²) >= 11 is 0. The second kappa shape index (κ2) is 8.15.